The van der Waals surface area contributed by atoms with Crippen LogP contribution in [0, 0.1) is 24.0 Å². The Morgan fingerprint density at radius 1 is 1.19 bits per heavy atom. The van der Waals surface area contributed by atoms with Crippen molar-refractivity contribution in [2.75, 3.05) is 32.1 Å². The van der Waals surface area contributed by atoms with Crippen molar-refractivity contribution in [2.24, 2.45) is 0 Å². The molecule has 2 aromatic carbocycles. The lowest BCUT2D eigenvalue weighted by molar-refractivity contribution is -0.384. The zero-order valence-corrected chi connectivity index (χ0v) is 20.2. The summed E-state index contributed by atoms with van der Waals surface area (Å²) in [5.41, 5.74) is 3.77. The van der Waals surface area contributed by atoms with Crippen LogP contribution in [0.15, 0.2) is 42.5 Å². The number of nitro benzene ring substituents is 1. The van der Waals surface area contributed by atoms with Crippen molar-refractivity contribution < 1.29 is 9.72 Å². The molecule has 1 heterocycles. The van der Waals surface area contributed by atoms with Crippen molar-refractivity contribution in [3.05, 3.63) is 69.3 Å². The van der Waals surface area contributed by atoms with Crippen molar-refractivity contribution in [3.63, 3.8) is 0 Å². The first-order chi connectivity index (χ1) is 14.7. The molecule has 32 heavy (non-hydrogen) atoms. The Bertz CT molecular complexity index is 1140. The summed E-state index contributed by atoms with van der Waals surface area (Å²) in [6.07, 6.45) is 3.87. The predicted octanol–water partition coefficient (Wildman–Crippen LogP) is 5.24. The smallest absolute Gasteiger partial charge is 0.270 e. The summed E-state index contributed by atoms with van der Waals surface area (Å²) in [5, 5.41) is 11.7. The number of non-ortho nitro benzene ring substituents is 1. The monoisotopic (exact) mass is 474 g/mol. The van der Waals surface area contributed by atoms with Gasteiger partial charge in [-0.1, -0.05) is 29.5 Å². The largest absolute Gasteiger partial charge is 0.309 e. The number of nitro groups is 1. The summed E-state index contributed by atoms with van der Waals surface area (Å²) in [6, 6.07) is 10.4. The second-order valence-electron chi connectivity index (χ2n) is 7.76. The predicted molar refractivity (Wildman–Crippen MR) is 134 cm³/mol. The van der Waals surface area contributed by atoms with E-state index in [1.807, 2.05) is 27.9 Å². The van der Waals surface area contributed by atoms with E-state index >= 15 is 0 Å². The van der Waals surface area contributed by atoms with Gasteiger partial charge in [-0.05, 0) is 69.7 Å². The molecule has 0 N–H and O–H groups in total. The lowest BCUT2D eigenvalue weighted by Crippen LogP contribution is -2.32. The minimum Gasteiger partial charge on any atom is -0.309 e. The molecule has 3 aromatic rings. The van der Waals surface area contributed by atoms with Crippen LogP contribution in [0.1, 0.15) is 23.1 Å². The fourth-order valence-electron chi connectivity index (χ4n) is 3.32. The number of hydrogen-bond donors (Lipinski definition) is 0. The Balaban J connectivity index is 0.00000363. The molecule has 9 heteroatoms. The molecule has 0 bridgehead atoms. The van der Waals surface area contributed by atoms with Gasteiger partial charge in [0.1, 0.15) is 0 Å². The molecule has 0 saturated heterocycles. The number of hydrogen-bond acceptors (Lipinski definition) is 6. The quantitative estimate of drug-likeness (QED) is 0.253. The number of anilines is 1. The van der Waals surface area contributed by atoms with E-state index in [-0.39, 0.29) is 24.0 Å². The van der Waals surface area contributed by atoms with Crippen LogP contribution in [0.4, 0.5) is 10.8 Å². The Morgan fingerprint density at radius 2 is 1.94 bits per heavy atom. The van der Waals surface area contributed by atoms with E-state index in [1.165, 1.54) is 29.5 Å². The van der Waals surface area contributed by atoms with Gasteiger partial charge in [0, 0.05) is 24.8 Å². The van der Waals surface area contributed by atoms with Crippen molar-refractivity contribution >= 4 is 56.8 Å². The summed E-state index contributed by atoms with van der Waals surface area (Å²) in [4.78, 5) is 32.2. The number of halogens is 1. The standard InChI is InChI=1S/C23H26N4O3S.ClH/c1-16-13-17(2)22-20(14-16)31-23(24-22)26(12-6-11-25(3)4)21(28)10-9-18-7-5-8-19(15-18)27(29)30;/h5,7-10,13-15H,6,11-12H2,1-4H3;1H. The highest BCUT2D eigenvalue weighted by Gasteiger charge is 2.19. The van der Waals surface area contributed by atoms with Crippen LogP contribution in [0.25, 0.3) is 16.3 Å². The highest BCUT2D eigenvalue weighted by molar-refractivity contribution is 7.22. The van der Waals surface area contributed by atoms with Crippen LogP contribution in [-0.2, 0) is 4.79 Å². The minimum atomic E-state index is -0.446. The third-order valence-corrected chi connectivity index (χ3v) is 5.83. The number of rotatable bonds is 8. The highest BCUT2D eigenvalue weighted by Crippen LogP contribution is 2.32. The van der Waals surface area contributed by atoms with Gasteiger partial charge in [-0.25, -0.2) is 4.98 Å². The maximum Gasteiger partial charge on any atom is 0.270 e. The fourth-order valence-corrected chi connectivity index (χ4v) is 4.49. The van der Waals surface area contributed by atoms with Crippen LogP contribution in [0.5, 0.6) is 0 Å². The van der Waals surface area contributed by atoms with E-state index in [4.69, 9.17) is 4.98 Å². The average Bonchev–Trinajstić information content (AvgIpc) is 3.13. The number of amides is 1. The van der Waals surface area contributed by atoms with Gasteiger partial charge < -0.3 is 4.90 Å². The lowest BCUT2D eigenvalue weighted by atomic mass is 10.1. The molecular weight excluding hydrogens is 448 g/mol. The molecule has 0 spiro atoms. The van der Waals surface area contributed by atoms with Gasteiger partial charge in [0.25, 0.3) is 11.6 Å². The third kappa shape index (κ3) is 6.35. The molecule has 3 rings (SSSR count). The average molecular weight is 475 g/mol. The lowest BCUT2D eigenvalue weighted by Gasteiger charge is -2.19. The second kappa shape index (κ2) is 11.2. The molecule has 0 aliphatic heterocycles. The second-order valence-corrected chi connectivity index (χ2v) is 8.77. The number of carbonyl (C=O) groups is 1. The number of aromatic nitrogens is 1. The Labute approximate surface area is 197 Å². The van der Waals surface area contributed by atoms with Gasteiger partial charge in [0.05, 0.1) is 15.1 Å². The number of aryl methyl sites for hydroxylation is 2. The summed E-state index contributed by atoms with van der Waals surface area (Å²) < 4.78 is 1.06. The Kier molecular flexibility index (Phi) is 8.89. The van der Waals surface area contributed by atoms with Crippen LogP contribution >= 0.6 is 23.7 Å². The molecule has 0 unspecified atom stereocenters. The molecule has 1 aromatic heterocycles. The Morgan fingerprint density at radius 3 is 2.62 bits per heavy atom. The Hall–Kier alpha value is -2.81. The van der Waals surface area contributed by atoms with Gasteiger partial charge in [-0.15, -0.1) is 12.4 Å². The fraction of sp³-hybridized carbons (Fsp3) is 0.304. The third-order valence-electron chi connectivity index (χ3n) is 4.80. The van der Waals surface area contributed by atoms with Crippen molar-refractivity contribution in [3.8, 4) is 0 Å². The first-order valence-electron chi connectivity index (χ1n) is 10.0. The molecule has 0 atom stereocenters. The van der Waals surface area contributed by atoms with Gasteiger partial charge in [0.2, 0.25) is 0 Å². The van der Waals surface area contributed by atoms with Crippen LogP contribution in [0.3, 0.4) is 0 Å². The molecular formula is C23H27ClN4O3S. The first-order valence-corrected chi connectivity index (χ1v) is 10.8. The van der Waals surface area contributed by atoms with Crippen molar-refractivity contribution in [1.29, 1.82) is 0 Å². The van der Waals surface area contributed by atoms with E-state index < -0.39 is 4.92 Å². The molecule has 0 radical (unpaired) electrons. The maximum atomic E-state index is 13.1. The highest BCUT2D eigenvalue weighted by atomic mass is 35.5. The number of thiazole rings is 1. The zero-order valence-electron chi connectivity index (χ0n) is 18.6. The van der Waals surface area contributed by atoms with Crippen molar-refractivity contribution in [1.82, 2.24) is 9.88 Å². The molecule has 0 saturated carbocycles. The molecule has 1 amide bonds. The van der Waals surface area contributed by atoms with E-state index in [2.05, 4.69) is 17.0 Å². The van der Waals surface area contributed by atoms with Gasteiger partial charge >= 0.3 is 0 Å². The van der Waals surface area contributed by atoms with Crippen LogP contribution < -0.4 is 4.90 Å². The van der Waals surface area contributed by atoms with E-state index in [0.717, 1.165) is 34.3 Å². The van der Waals surface area contributed by atoms with E-state index in [1.54, 1.807) is 23.1 Å². The van der Waals surface area contributed by atoms with E-state index in [0.29, 0.717) is 17.2 Å². The van der Waals surface area contributed by atoms with Crippen molar-refractivity contribution in [2.45, 2.75) is 20.3 Å². The molecule has 0 aliphatic rings. The van der Waals surface area contributed by atoms with Gasteiger partial charge in [-0.3, -0.25) is 19.8 Å². The van der Waals surface area contributed by atoms with Gasteiger partial charge in [-0.2, -0.15) is 0 Å². The maximum absolute atomic E-state index is 13.1. The molecule has 7 nitrogen and oxygen atoms in total. The SMILES string of the molecule is Cc1cc(C)c2nc(N(CCCN(C)C)C(=O)C=Cc3cccc([N+](=O)[O-])c3)sc2c1.Cl. The first kappa shape index (κ1) is 25.5. The number of benzene rings is 2. The summed E-state index contributed by atoms with van der Waals surface area (Å²) in [6.45, 7) is 5.46. The van der Waals surface area contributed by atoms with Crippen LogP contribution in [0.2, 0.25) is 0 Å². The van der Waals surface area contributed by atoms with Gasteiger partial charge in [0.15, 0.2) is 5.13 Å². The summed E-state index contributed by atoms with van der Waals surface area (Å²) >= 11 is 1.51. The zero-order chi connectivity index (χ0) is 22.5. The number of carbonyl (C=O) groups excluding carboxylic acids is 1. The molecule has 0 aliphatic carbocycles. The number of fused-ring (bicyclic) bond motifs is 1. The summed E-state index contributed by atoms with van der Waals surface area (Å²) in [7, 11) is 4.00. The minimum absolute atomic E-state index is 0. The number of nitrogens with zero attached hydrogens (tertiary/aromatic N) is 4. The normalized spacial score (nSPS) is 11.2. The topological polar surface area (TPSA) is 79.6 Å². The summed E-state index contributed by atoms with van der Waals surface area (Å²) in [5.74, 6) is -0.196. The molecule has 170 valence electrons. The van der Waals surface area contributed by atoms with E-state index in [9.17, 15) is 14.9 Å². The van der Waals surface area contributed by atoms with Crippen LogP contribution in [-0.4, -0.2) is 47.9 Å². The molecule has 0 fully saturated rings.